The standard InChI is InChI=1S/C25H38IN3O3/c1-17-10-21(8-9-29(17)24(30)32-25(2,3)4)27(5)12-18-6-7-22(26)23(11-18)28-13-19-15-31-16-20(19)14-28/h6-7,11,17,19-21H,8-10,12-16H2,1-5H3/t17-,19?,20?,21-/m1/s1. The fraction of sp³-hybridized carbons (Fsp3) is 0.720. The predicted molar refractivity (Wildman–Crippen MR) is 136 cm³/mol. The van der Waals surface area contributed by atoms with Gasteiger partial charge in [0.25, 0.3) is 0 Å². The molecule has 6 nitrogen and oxygen atoms in total. The second-order valence-electron chi connectivity index (χ2n) is 10.9. The van der Waals surface area contributed by atoms with Crippen LogP contribution in [0, 0.1) is 15.4 Å². The Bertz CT molecular complexity index is 815. The summed E-state index contributed by atoms with van der Waals surface area (Å²) in [5.41, 5.74) is 2.28. The zero-order valence-electron chi connectivity index (χ0n) is 20.1. The van der Waals surface area contributed by atoms with Crippen LogP contribution in [0.1, 0.15) is 46.1 Å². The maximum absolute atomic E-state index is 12.5. The molecule has 3 saturated heterocycles. The fourth-order valence-corrected chi connectivity index (χ4v) is 6.02. The van der Waals surface area contributed by atoms with E-state index in [9.17, 15) is 4.79 Å². The maximum atomic E-state index is 12.5. The van der Waals surface area contributed by atoms with Crippen LogP contribution in [0.2, 0.25) is 0 Å². The molecule has 0 N–H and O–H groups in total. The van der Waals surface area contributed by atoms with Crippen molar-refractivity contribution in [3.8, 4) is 0 Å². The molecule has 0 bridgehead atoms. The highest BCUT2D eigenvalue weighted by molar-refractivity contribution is 14.1. The van der Waals surface area contributed by atoms with Crippen molar-refractivity contribution in [2.45, 2.75) is 64.8 Å². The van der Waals surface area contributed by atoms with E-state index in [1.807, 2.05) is 25.7 Å². The van der Waals surface area contributed by atoms with Gasteiger partial charge in [0, 0.05) is 53.7 Å². The first-order valence-electron chi connectivity index (χ1n) is 11.9. The molecule has 0 radical (unpaired) electrons. The quantitative estimate of drug-likeness (QED) is 0.509. The molecule has 4 atom stereocenters. The Morgan fingerprint density at radius 2 is 1.94 bits per heavy atom. The van der Waals surface area contributed by atoms with Gasteiger partial charge in [0.15, 0.2) is 0 Å². The van der Waals surface area contributed by atoms with Crippen molar-refractivity contribution in [1.29, 1.82) is 0 Å². The Labute approximate surface area is 206 Å². The molecule has 0 spiro atoms. The lowest BCUT2D eigenvalue weighted by atomic mass is 9.97. The topological polar surface area (TPSA) is 45.2 Å². The molecule has 178 valence electrons. The van der Waals surface area contributed by atoms with Gasteiger partial charge in [0.2, 0.25) is 0 Å². The van der Waals surface area contributed by atoms with Gasteiger partial charge < -0.3 is 19.3 Å². The Morgan fingerprint density at radius 1 is 1.25 bits per heavy atom. The van der Waals surface area contributed by atoms with Gasteiger partial charge in [-0.2, -0.15) is 0 Å². The average Bonchev–Trinajstić information content (AvgIpc) is 3.30. The molecule has 0 aliphatic carbocycles. The van der Waals surface area contributed by atoms with E-state index in [-0.39, 0.29) is 12.1 Å². The first kappa shape index (κ1) is 24.1. The number of carbonyl (C=O) groups is 1. The van der Waals surface area contributed by atoms with Crippen LogP contribution in [0.5, 0.6) is 0 Å². The van der Waals surface area contributed by atoms with Crippen LogP contribution in [0.15, 0.2) is 18.2 Å². The van der Waals surface area contributed by atoms with E-state index in [1.54, 1.807) is 0 Å². The molecule has 0 saturated carbocycles. The molecule has 3 fully saturated rings. The van der Waals surface area contributed by atoms with Crippen molar-refractivity contribution in [2.75, 3.05) is 44.8 Å². The number of fused-ring (bicyclic) bond motifs is 1. The third-order valence-corrected chi connectivity index (χ3v) is 8.04. The Kier molecular flexibility index (Phi) is 7.27. The average molecular weight is 556 g/mol. The molecular formula is C25H38IN3O3. The van der Waals surface area contributed by atoms with E-state index in [1.165, 1.54) is 14.8 Å². The van der Waals surface area contributed by atoms with Crippen molar-refractivity contribution in [2.24, 2.45) is 11.8 Å². The number of carbonyl (C=O) groups excluding carboxylic acids is 1. The summed E-state index contributed by atoms with van der Waals surface area (Å²) >= 11 is 2.47. The summed E-state index contributed by atoms with van der Waals surface area (Å²) in [7, 11) is 2.22. The van der Waals surface area contributed by atoms with E-state index in [2.05, 4.69) is 64.6 Å². The smallest absolute Gasteiger partial charge is 0.410 e. The van der Waals surface area contributed by atoms with E-state index >= 15 is 0 Å². The number of nitrogens with zero attached hydrogens (tertiary/aromatic N) is 3. The molecular weight excluding hydrogens is 517 g/mol. The minimum absolute atomic E-state index is 0.185. The van der Waals surface area contributed by atoms with Crippen LogP contribution >= 0.6 is 22.6 Å². The first-order valence-corrected chi connectivity index (χ1v) is 13.0. The van der Waals surface area contributed by atoms with Crippen LogP contribution in [-0.2, 0) is 16.0 Å². The highest BCUT2D eigenvalue weighted by atomic mass is 127. The third-order valence-electron chi connectivity index (χ3n) is 7.12. The summed E-state index contributed by atoms with van der Waals surface area (Å²) in [4.78, 5) is 19.5. The summed E-state index contributed by atoms with van der Waals surface area (Å²) in [6.07, 6.45) is 1.77. The lowest BCUT2D eigenvalue weighted by Crippen LogP contribution is -2.51. The number of rotatable bonds is 4. The largest absolute Gasteiger partial charge is 0.444 e. The lowest BCUT2D eigenvalue weighted by Gasteiger charge is -2.41. The van der Waals surface area contributed by atoms with E-state index in [4.69, 9.17) is 9.47 Å². The maximum Gasteiger partial charge on any atom is 0.410 e. The first-order chi connectivity index (χ1) is 15.1. The molecule has 1 aromatic carbocycles. The number of anilines is 1. The number of piperidine rings is 1. The van der Waals surface area contributed by atoms with Crippen molar-refractivity contribution >= 4 is 34.4 Å². The summed E-state index contributed by atoms with van der Waals surface area (Å²) in [5.74, 6) is 1.38. The van der Waals surface area contributed by atoms with Gasteiger partial charge >= 0.3 is 6.09 Å². The lowest BCUT2D eigenvalue weighted by molar-refractivity contribution is 0.00278. The predicted octanol–water partition coefficient (Wildman–Crippen LogP) is 4.59. The van der Waals surface area contributed by atoms with Gasteiger partial charge in [-0.15, -0.1) is 0 Å². The summed E-state index contributed by atoms with van der Waals surface area (Å²) < 4.78 is 12.6. The number of hydrogen-bond acceptors (Lipinski definition) is 5. The number of hydrogen-bond donors (Lipinski definition) is 0. The van der Waals surface area contributed by atoms with Gasteiger partial charge in [0.05, 0.1) is 18.9 Å². The molecule has 2 unspecified atom stereocenters. The molecule has 32 heavy (non-hydrogen) atoms. The van der Waals surface area contributed by atoms with Crippen LogP contribution in [-0.4, -0.2) is 73.5 Å². The second kappa shape index (κ2) is 9.66. The van der Waals surface area contributed by atoms with Gasteiger partial charge in [-0.25, -0.2) is 4.79 Å². The minimum atomic E-state index is -0.450. The van der Waals surface area contributed by atoms with E-state index in [0.717, 1.165) is 52.2 Å². The Balaban J connectivity index is 1.35. The molecule has 3 heterocycles. The molecule has 3 aliphatic heterocycles. The molecule has 3 aliphatic rings. The normalized spacial score (nSPS) is 28.3. The van der Waals surface area contributed by atoms with E-state index < -0.39 is 5.60 Å². The zero-order valence-corrected chi connectivity index (χ0v) is 22.3. The van der Waals surface area contributed by atoms with Crippen molar-refractivity contribution in [1.82, 2.24) is 9.80 Å². The highest BCUT2D eigenvalue weighted by Gasteiger charge is 2.38. The number of ether oxygens (including phenoxy) is 2. The van der Waals surface area contributed by atoms with Crippen LogP contribution in [0.4, 0.5) is 10.5 Å². The summed E-state index contributed by atoms with van der Waals surface area (Å²) in [5, 5.41) is 0. The second-order valence-corrected chi connectivity index (χ2v) is 12.0. The van der Waals surface area contributed by atoms with Crippen LogP contribution in [0.25, 0.3) is 0 Å². The third kappa shape index (κ3) is 5.53. The van der Waals surface area contributed by atoms with Gasteiger partial charge in [-0.3, -0.25) is 4.90 Å². The molecule has 0 aromatic heterocycles. The fourth-order valence-electron chi connectivity index (χ4n) is 5.34. The van der Waals surface area contributed by atoms with Crippen molar-refractivity contribution in [3.63, 3.8) is 0 Å². The monoisotopic (exact) mass is 555 g/mol. The zero-order chi connectivity index (χ0) is 23.0. The number of amides is 1. The van der Waals surface area contributed by atoms with Gasteiger partial charge in [-0.1, -0.05) is 6.07 Å². The SMILES string of the molecule is C[C@@H]1C[C@H](N(C)Cc2ccc(I)c(N3CC4COCC4C3)c2)CCN1C(=O)OC(C)(C)C. The Hall–Kier alpha value is -1.06. The summed E-state index contributed by atoms with van der Waals surface area (Å²) in [6, 6.07) is 7.57. The Morgan fingerprint density at radius 3 is 2.56 bits per heavy atom. The van der Waals surface area contributed by atoms with Crippen molar-refractivity contribution < 1.29 is 14.3 Å². The molecule has 4 rings (SSSR count). The van der Waals surface area contributed by atoms with Gasteiger partial charge in [-0.05, 0) is 87.9 Å². The van der Waals surface area contributed by atoms with Crippen LogP contribution < -0.4 is 4.90 Å². The van der Waals surface area contributed by atoms with Crippen LogP contribution in [0.3, 0.4) is 0 Å². The molecule has 1 aromatic rings. The number of likely N-dealkylation sites (tertiary alicyclic amines) is 1. The summed E-state index contributed by atoms with van der Waals surface area (Å²) in [6.45, 7) is 13.6. The number of benzene rings is 1. The minimum Gasteiger partial charge on any atom is -0.444 e. The van der Waals surface area contributed by atoms with Gasteiger partial charge in [0.1, 0.15) is 5.60 Å². The van der Waals surface area contributed by atoms with Crippen molar-refractivity contribution in [3.05, 3.63) is 27.3 Å². The molecule has 7 heteroatoms. The molecule has 1 amide bonds. The highest BCUT2D eigenvalue weighted by Crippen LogP contribution is 2.35. The van der Waals surface area contributed by atoms with E-state index in [0.29, 0.717) is 17.9 Å². The number of halogens is 1.